The fourth-order valence-electron chi connectivity index (χ4n) is 2.89. The minimum absolute atomic E-state index is 0.267. The molecule has 2 aliphatic heterocycles. The van der Waals surface area contributed by atoms with Gasteiger partial charge in [-0.2, -0.15) is 0 Å². The Bertz CT molecular complexity index is 608. The Morgan fingerprint density at radius 1 is 1.30 bits per heavy atom. The topological polar surface area (TPSA) is 48.5 Å². The average Bonchev–Trinajstić information content (AvgIpc) is 2.87. The van der Waals surface area contributed by atoms with Crippen LogP contribution in [0.3, 0.4) is 0 Å². The van der Waals surface area contributed by atoms with Crippen LogP contribution in [0.1, 0.15) is 6.42 Å². The van der Waals surface area contributed by atoms with Crippen molar-refractivity contribution < 1.29 is 13.6 Å². The Morgan fingerprint density at radius 2 is 2.00 bits per heavy atom. The van der Waals surface area contributed by atoms with Crippen molar-refractivity contribution in [2.45, 2.75) is 18.4 Å². The number of nitrogens with zero attached hydrogens (tertiary/aromatic N) is 3. The number of rotatable bonds is 2. The van der Waals surface area contributed by atoms with E-state index in [1.165, 1.54) is 6.20 Å². The lowest BCUT2D eigenvalue weighted by atomic mass is 10.1. The summed E-state index contributed by atoms with van der Waals surface area (Å²) in [6.45, 7) is 1.55. The molecule has 0 saturated carbocycles. The molecule has 1 unspecified atom stereocenters. The van der Waals surface area contributed by atoms with Gasteiger partial charge in [-0.3, -0.25) is 10.1 Å². The van der Waals surface area contributed by atoms with Crippen molar-refractivity contribution in [3.63, 3.8) is 0 Å². The Hall–Kier alpha value is -1.18. The Balaban J connectivity index is 1.59. The molecule has 23 heavy (non-hydrogen) atoms. The Morgan fingerprint density at radius 3 is 2.57 bits per heavy atom. The number of nitrogens with one attached hydrogen (secondary N) is 1. The normalized spacial score (nSPS) is 24.1. The van der Waals surface area contributed by atoms with Crippen molar-refractivity contribution >= 4 is 34.9 Å². The minimum Gasteiger partial charge on any atom is -0.352 e. The number of carbonyl (C=O) groups excluding carboxylic acids is 1. The summed E-state index contributed by atoms with van der Waals surface area (Å²) in [5, 5.41) is 3.51. The quantitative estimate of drug-likeness (QED) is 0.872. The van der Waals surface area contributed by atoms with E-state index in [-0.39, 0.29) is 5.91 Å². The van der Waals surface area contributed by atoms with Gasteiger partial charge in [0.1, 0.15) is 5.82 Å². The van der Waals surface area contributed by atoms with Gasteiger partial charge >= 0.3 is 0 Å². The van der Waals surface area contributed by atoms with E-state index in [9.17, 15) is 13.6 Å². The zero-order valence-electron chi connectivity index (χ0n) is 12.2. The number of pyridine rings is 1. The van der Waals surface area contributed by atoms with Crippen LogP contribution in [0.5, 0.6) is 0 Å². The van der Waals surface area contributed by atoms with Gasteiger partial charge < -0.3 is 9.80 Å². The highest BCUT2D eigenvalue weighted by molar-refractivity contribution is 6.36. The minimum atomic E-state index is -2.80. The molecule has 1 aromatic heterocycles. The van der Waals surface area contributed by atoms with Crippen LogP contribution in [-0.2, 0) is 4.79 Å². The van der Waals surface area contributed by atoms with E-state index in [4.69, 9.17) is 23.2 Å². The van der Waals surface area contributed by atoms with E-state index in [0.717, 1.165) is 0 Å². The molecule has 1 aromatic rings. The summed E-state index contributed by atoms with van der Waals surface area (Å²) in [6.07, 6.45) is 1.08. The highest BCUT2D eigenvalue weighted by Crippen LogP contribution is 2.28. The van der Waals surface area contributed by atoms with Crippen molar-refractivity contribution in [1.82, 2.24) is 15.2 Å². The van der Waals surface area contributed by atoms with Gasteiger partial charge in [-0.15, -0.1) is 0 Å². The third-order valence-corrected chi connectivity index (χ3v) is 4.57. The molecule has 126 valence electrons. The molecule has 9 heteroatoms. The number of carbonyl (C=O) groups is 1. The zero-order chi connectivity index (χ0) is 16.6. The number of alkyl halides is 2. The van der Waals surface area contributed by atoms with Gasteiger partial charge in [0.15, 0.2) is 0 Å². The third-order valence-electron chi connectivity index (χ3n) is 4.09. The number of piperazine rings is 1. The molecular weight excluding hydrogens is 349 g/mol. The largest absolute Gasteiger partial charge is 0.352 e. The molecule has 3 rings (SSSR count). The molecule has 2 aliphatic rings. The predicted octanol–water partition coefficient (Wildman–Crippen LogP) is 2.03. The predicted molar refractivity (Wildman–Crippen MR) is 84.4 cm³/mol. The van der Waals surface area contributed by atoms with Gasteiger partial charge in [-0.05, 0) is 6.07 Å². The Labute approximate surface area is 142 Å². The highest BCUT2D eigenvalue weighted by atomic mass is 35.5. The first-order chi connectivity index (χ1) is 10.9. The molecular formula is C14H16Cl2F2N4O. The van der Waals surface area contributed by atoms with Crippen LogP contribution in [0.2, 0.25) is 10.0 Å². The molecule has 0 radical (unpaired) electrons. The molecule has 3 heterocycles. The number of aromatic nitrogens is 1. The molecule has 5 nitrogen and oxygen atoms in total. The number of hydrogen-bond acceptors (Lipinski definition) is 4. The molecule has 1 N–H and O–H groups in total. The van der Waals surface area contributed by atoms with E-state index in [1.807, 2.05) is 4.90 Å². The van der Waals surface area contributed by atoms with E-state index in [1.54, 1.807) is 11.0 Å². The first-order valence-corrected chi connectivity index (χ1v) is 8.07. The van der Waals surface area contributed by atoms with E-state index >= 15 is 0 Å². The summed E-state index contributed by atoms with van der Waals surface area (Å²) in [6, 6.07) is 0.821. The lowest BCUT2D eigenvalue weighted by molar-refractivity contribution is -0.134. The van der Waals surface area contributed by atoms with E-state index in [2.05, 4.69) is 10.3 Å². The standard InChI is InChI=1S/C14H16Cl2F2N4O/c15-9-5-10(16)12(19-7-9)21-1-3-22(4-2-21)13(23)11-6-14(17,18)8-20-11/h5,7,11,20H,1-4,6,8H2. The summed E-state index contributed by atoms with van der Waals surface area (Å²) in [5.41, 5.74) is 0. The van der Waals surface area contributed by atoms with Gasteiger partial charge in [-0.25, -0.2) is 13.8 Å². The van der Waals surface area contributed by atoms with E-state index in [0.29, 0.717) is 42.0 Å². The van der Waals surface area contributed by atoms with Crippen LogP contribution < -0.4 is 10.2 Å². The smallest absolute Gasteiger partial charge is 0.262 e. The first-order valence-electron chi connectivity index (χ1n) is 7.32. The number of hydrogen-bond donors (Lipinski definition) is 1. The molecule has 2 saturated heterocycles. The second-order valence-corrected chi connectivity index (χ2v) is 6.61. The van der Waals surface area contributed by atoms with Crippen LogP contribution in [0.15, 0.2) is 12.3 Å². The van der Waals surface area contributed by atoms with Gasteiger partial charge in [0.2, 0.25) is 5.91 Å². The molecule has 0 aromatic carbocycles. The SMILES string of the molecule is O=C(C1CC(F)(F)CN1)N1CCN(c2ncc(Cl)cc2Cl)CC1. The van der Waals surface area contributed by atoms with Gasteiger partial charge in [0, 0.05) is 38.8 Å². The molecule has 1 amide bonds. The highest BCUT2D eigenvalue weighted by Gasteiger charge is 2.43. The maximum atomic E-state index is 13.2. The van der Waals surface area contributed by atoms with Crippen LogP contribution >= 0.6 is 23.2 Å². The second-order valence-electron chi connectivity index (χ2n) is 5.76. The molecule has 1 atom stereocenters. The fraction of sp³-hybridized carbons (Fsp3) is 0.571. The van der Waals surface area contributed by atoms with E-state index < -0.39 is 24.9 Å². The summed E-state index contributed by atoms with van der Waals surface area (Å²) < 4.78 is 26.4. The monoisotopic (exact) mass is 364 g/mol. The zero-order valence-corrected chi connectivity index (χ0v) is 13.7. The molecule has 0 bridgehead atoms. The maximum absolute atomic E-state index is 13.2. The summed E-state index contributed by atoms with van der Waals surface area (Å²) in [7, 11) is 0. The van der Waals surface area contributed by atoms with Crippen molar-refractivity contribution in [3.05, 3.63) is 22.3 Å². The molecule has 0 aliphatic carbocycles. The molecule has 2 fully saturated rings. The number of anilines is 1. The summed E-state index contributed by atoms with van der Waals surface area (Å²) in [5.74, 6) is -2.45. The second kappa shape index (κ2) is 6.37. The average molecular weight is 365 g/mol. The van der Waals surface area contributed by atoms with Gasteiger partial charge in [-0.1, -0.05) is 23.2 Å². The van der Waals surface area contributed by atoms with Crippen molar-refractivity contribution in [2.75, 3.05) is 37.6 Å². The lowest BCUT2D eigenvalue weighted by Gasteiger charge is -2.36. The molecule has 0 spiro atoms. The third kappa shape index (κ3) is 3.67. The van der Waals surface area contributed by atoms with Crippen LogP contribution in [0, 0.1) is 0 Å². The van der Waals surface area contributed by atoms with Crippen molar-refractivity contribution in [1.29, 1.82) is 0 Å². The Kier molecular flexibility index (Phi) is 4.62. The lowest BCUT2D eigenvalue weighted by Crippen LogP contribution is -2.53. The number of halogens is 4. The summed E-state index contributed by atoms with van der Waals surface area (Å²) in [4.78, 5) is 20.1. The fourth-order valence-corrected chi connectivity index (χ4v) is 3.39. The first kappa shape index (κ1) is 16.7. The number of amides is 1. The maximum Gasteiger partial charge on any atom is 0.262 e. The van der Waals surface area contributed by atoms with Gasteiger partial charge in [0.25, 0.3) is 5.92 Å². The van der Waals surface area contributed by atoms with Crippen LogP contribution in [-0.4, -0.2) is 60.5 Å². The summed E-state index contributed by atoms with van der Waals surface area (Å²) >= 11 is 12.0. The van der Waals surface area contributed by atoms with Crippen molar-refractivity contribution in [2.24, 2.45) is 0 Å². The van der Waals surface area contributed by atoms with Crippen LogP contribution in [0.4, 0.5) is 14.6 Å². The van der Waals surface area contributed by atoms with Gasteiger partial charge in [0.05, 0.1) is 22.6 Å². The van der Waals surface area contributed by atoms with Crippen LogP contribution in [0.25, 0.3) is 0 Å². The van der Waals surface area contributed by atoms with Crippen molar-refractivity contribution in [3.8, 4) is 0 Å².